The number of benzene rings is 2. The van der Waals surface area contributed by atoms with E-state index in [1.54, 1.807) is 4.52 Å². The van der Waals surface area contributed by atoms with Gasteiger partial charge in [0.05, 0.1) is 11.6 Å². The monoisotopic (exact) mass is 506 g/mol. The molecule has 0 saturated carbocycles. The molecule has 2 amide bonds. The van der Waals surface area contributed by atoms with Gasteiger partial charge in [0.15, 0.2) is 5.65 Å². The van der Waals surface area contributed by atoms with Crippen molar-refractivity contribution in [3.63, 3.8) is 0 Å². The minimum Gasteiger partial charge on any atom is -0.350 e. The number of hydrogen-bond acceptors (Lipinski definition) is 4. The molecule has 1 aliphatic rings. The van der Waals surface area contributed by atoms with Gasteiger partial charge in [-0.05, 0) is 65.8 Å². The average Bonchev–Trinajstić information content (AvgIpc) is 3.48. The molecule has 2 N–H and O–H groups in total. The number of fused-ring (bicyclic) bond motifs is 3. The first-order valence-electron chi connectivity index (χ1n) is 13.0. The zero-order valence-electron chi connectivity index (χ0n) is 21.7. The molecule has 5 aromatic rings. The van der Waals surface area contributed by atoms with Crippen LogP contribution in [0, 0.1) is 5.92 Å². The molecular formula is C30H30N6O2. The fourth-order valence-corrected chi connectivity index (χ4v) is 5.26. The summed E-state index contributed by atoms with van der Waals surface area (Å²) < 4.78 is 3.63. The lowest BCUT2D eigenvalue weighted by Crippen LogP contribution is -2.30. The molecule has 3 heterocycles. The summed E-state index contributed by atoms with van der Waals surface area (Å²) in [6, 6.07) is 18.4. The van der Waals surface area contributed by atoms with Crippen LogP contribution in [0.2, 0.25) is 0 Å². The molecule has 38 heavy (non-hydrogen) atoms. The second-order valence-electron chi connectivity index (χ2n) is 10.3. The Bertz CT molecular complexity index is 1700. The first-order valence-corrected chi connectivity index (χ1v) is 13.0. The lowest BCUT2D eigenvalue weighted by atomic mass is 9.87. The van der Waals surface area contributed by atoms with Crippen LogP contribution in [-0.2, 0) is 18.3 Å². The third kappa shape index (κ3) is 4.32. The van der Waals surface area contributed by atoms with Gasteiger partial charge in [-0.1, -0.05) is 44.2 Å². The van der Waals surface area contributed by atoms with E-state index in [4.69, 9.17) is 0 Å². The number of amides is 2. The van der Waals surface area contributed by atoms with Crippen molar-refractivity contribution in [1.82, 2.24) is 24.5 Å². The van der Waals surface area contributed by atoms with Crippen LogP contribution in [0.25, 0.3) is 27.7 Å². The minimum absolute atomic E-state index is 0.0200. The number of anilines is 1. The SMILES string of the molecule is CC(C)C(=O)Nc1nc2cc(-c3ccc4c(c3)c(C(=O)N[C@H]3CCCc5ccccc53)cn4C)ccn2n1. The minimum atomic E-state index is -0.158. The molecule has 6 rings (SSSR count). The lowest BCUT2D eigenvalue weighted by Gasteiger charge is -2.26. The van der Waals surface area contributed by atoms with Gasteiger partial charge in [-0.2, -0.15) is 4.98 Å². The fraction of sp³-hybridized carbons (Fsp3) is 0.267. The number of aryl methyl sites for hydroxylation is 2. The summed E-state index contributed by atoms with van der Waals surface area (Å²) in [5.41, 5.74) is 6.74. The Morgan fingerprint density at radius 1 is 1.05 bits per heavy atom. The van der Waals surface area contributed by atoms with E-state index in [1.165, 1.54) is 11.1 Å². The highest BCUT2D eigenvalue weighted by atomic mass is 16.2. The molecule has 8 nitrogen and oxygen atoms in total. The van der Waals surface area contributed by atoms with Crippen LogP contribution in [0.3, 0.4) is 0 Å². The number of carbonyl (C=O) groups is 2. The average molecular weight is 507 g/mol. The normalized spacial score (nSPS) is 15.1. The van der Waals surface area contributed by atoms with Crippen LogP contribution in [0.4, 0.5) is 5.95 Å². The van der Waals surface area contributed by atoms with E-state index in [9.17, 15) is 9.59 Å². The highest BCUT2D eigenvalue weighted by Crippen LogP contribution is 2.32. The summed E-state index contributed by atoms with van der Waals surface area (Å²) in [6.07, 6.45) is 6.80. The zero-order chi connectivity index (χ0) is 26.4. The Morgan fingerprint density at radius 3 is 2.71 bits per heavy atom. The Hall–Kier alpha value is -4.46. The van der Waals surface area contributed by atoms with Crippen molar-refractivity contribution in [3.05, 3.63) is 83.7 Å². The molecule has 0 radical (unpaired) electrons. The van der Waals surface area contributed by atoms with Crippen molar-refractivity contribution in [2.45, 2.75) is 39.2 Å². The fourth-order valence-electron chi connectivity index (χ4n) is 5.26. The molecular weight excluding hydrogens is 476 g/mol. The molecule has 0 aliphatic heterocycles. The van der Waals surface area contributed by atoms with E-state index < -0.39 is 0 Å². The van der Waals surface area contributed by atoms with Crippen molar-refractivity contribution < 1.29 is 9.59 Å². The number of aromatic nitrogens is 4. The smallest absolute Gasteiger partial charge is 0.253 e. The van der Waals surface area contributed by atoms with Crippen molar-refractivity contribution >= 4 is 34.3 Å². The van der Waals surface area contributed by atoms with Gasteiger partial charge >= 0.3 is 0 Å². The van der Waals surface area contributed by atoms with Gasteiger partial charge in [0.1, 0.15) is 0 Å². The third-order valence-corrected chi connectivity index (χ3v) is 7.34. The number of rotatable bonds is 5. The third-order valence-electron chi connectivity index (χ3n) is 7.34. The van der Waals surface area contributed by atoms with Crippen molar-refractivity contribution in [3.8, 4) is 11.1 Å². The van der Waals surface area contributed by atoms with E-state index >= 15 is 0 Å². The number of hydrogen-bond donors (Lipinski definition) is 2. The van der Waals surface area contributed by atoms with E-state index in [0.29, 0.717) is 11.2 Å². The van der Waals surface area contributed by atoms with Gasteiger partial charge in [0.2, 0.25) is 11.9 Å². The Morgan fingerprint density at radius 2 is 1.87 bits per heavy atom. The van der Waals surface area contributed by atoms with Crippen molar-refractivity contribution in [2.75, 3.05) is 5.32 Å². The topological polar surface area (TPSA) is 93.3 Å². The second kappa shape index (κ2) is 9.45. The molecule has 0 fully saturated rings. The molecule has 0 spiro atoms. The molecule has 1 aliphatic carbocycles. The van der Waals surface area contributed by atoms with Crippen LogP contribution >= 0.6 is 0 Å². The summed E-state index contributed by atoms with van der Waals surface area (Å²) in [4.78, 5) is 30.0. The van der Waals surface area contributed by atoms with Gasteiger partial charge < -0.3 is 9.88 Å². The second-order valence-corrected chi connectivity index (χ2v) is 10.3. The van der Waals surface area contributed by atoms with Crippen LogP contribution in [0.1, 0.15) is 54.2 Å². The molecule has 2 aromatic carbocycles. The number of pyridine rings is 1. The van der Waals surface area contributed by atoms with E-state index in [2.05, 4.69) is 45.0 Å². The maximum Gasteiger partial charge on any atom is 0.253 e. The molecule has 1 atom stereocenters. The summed E-state index contributed by atoms with van der Waals surface area (Å²) in [5.74, 6) is -0.0669. The molecule has 0 saturated heterocycles. The molecule has 8 heteroatoms. The largest absolute Gasteiger partial charge is 0.350 e. The van der Waals surface area contributed by atoms with Gasteiger partial charge in [-0.25, -0.2) is 4.52 Å². The Labute approximate surface area is 220 Å². The van der Waals surface area contributed by atoms with Crippen LogP contribution in [0.5, 0.6) is 0 Å². The van der Waals surface area contributed by atoms with Gasteiger partial charge in [-0.15, -0.1) is 5.10 Å². The highest BCUT2D eigenvalue weighted by Gasteiger charge is 2.24. The predicted octanol–water partition coefficient (Wildman–Crippen LogP) is 5.29. The van der Waals surface area contributed by atoms with E-state index in [0.717, 1.165) is 41.3 Å². The van der Waals surface area contributed by atoms with Crippen LogP contribution in [-0.4, -0.2) is 31.0 Å². The maximum atomic E-state index is 13.5. The lowest BCUT2D eigenvalue weighted by molar-refractivity contribution is -0.118. The summed E-state index contributed by atoms with van der Waals surface area (Å²) >= 11 is 0. The van der Waals surface area contributed by atoms with Gasteiger partial charge in [0.25, 0.3) is 5.91 Å². The zero-order valence-corrected chi connectivity index (χ0v) is 21.7. The predicted molar refractivity (Wildman–Crippen MR) is 148 cm³/mol. The quantitative estimate of drug-likeness (QED) is 0.339. The molecule has 0 bridgehead atoms. The Kier molecular flexibility index (Phi) is 5.94. The summed E-state index contributed by atoms with van der Waals surface area (Å²) in [6.45, 7) is 3.65. The standard InChI is InChI=1S/C30H30N6O2/c1-18(2)28(37)33-30-32-27-16-21(13-14-36(27)34-30)20-11-12-26-23(15-20)24(17-35(26)3)29(38)31-25-10-6-8-19-7-4-5-9-22(19)25/h4-5,7,9,11-18,25H,6,8,10H2,1-3H3,(H,31,38)(H,33,34,37)/t25-/m0/s1. The van der Waals surface area contributed by atoms with Crippen LogP contribution in [0.15, 0.2) is 67.0 Å². The van der Waals surface area contributed by atoms with Crippen LogP contribution < -0.4 is 10.6 Å². The summed E-state index contributed by atoms with van der Waals surface area (Å²) in [5, 5.41) is 11.3. The molecule has 192 valence electrons. The number of carbonyl (C=O) groups excluding carboxylic acids is 2. The highest BCUT2D eigenvalue weighted by molar-refractivity contribution is 6.08. The van der Waals surface area contributed by atoms with Gasteiger partial charge in [-0.3, -0.25) is 14.9 Å². The van der Waals surface area contributed by atoms with E-state index in [1.807, 2.05) is 68.2 Å². The molecule has 3 aromatic heterocycles. The maximum absolute atomic E-state index is 13.5. The first kappa shape index (κ1) is 23.9. The first-order chi connectivity index (χ1) is 18.4. The Balaban J connectivity index is 1.31. The number of nitrogens with zero attached hydrogens (tertiary/aromatic N) is 4. The number of nitrogens with one attached hydrogen (secondary N) is 2. The van der Waals surface area contributed by atoms with Crippen molar-refractivity contribution in [2.24, 2.45) is 13.0 Å². The van der Waals surface area contributed by atoms with Crippen molar-refractivity contribution in [1.29, 1.82) is 0 Å². The van der Waals surface area contributed by atoms with E-state index in [-0.39, 0.29) is 29.7 Å². The molecule has 0 unspecified atom stereocenters. The van der Waals surface area contributed by atoms with Gasteiger partial charge in [0, 0.05) is 36.3 Å². The summed E-state index contributed by atoms with van der Waals surface area (Å²) in [7, 11) is 1.96.